The summed E-state index contributed by atoms with van der Waals surface area (Å²) in [7, 11) is 1.95. The Morgan fingerprint density at radius 2 is 2.24 bits per heavy atom. The summed E-state index contributed by atoms with van der Waals surface area (Å²) in [4.78, 5) is 0. The van der Waals surface area contributed by atoms with Gasteiger partial charge in [-0.3, -0.25) is 0 Å². The number of rotatable bonds is 8. The molecule has 0 bridgehead atoms. The van der Waals surface area contributed by atoms with Gasteiger partial charge in [0.15, 0.2) is 0 Å². The maximum Gasteiger partial charge on any atom is 0.123 e. The minimum absolute atomic E-state index is 0.797. The molecule has 1 N–H and O–H groups in total. The molecule has 0 spiro atoms. The van der Waals surface area contributed by atoms with Crippen molar-refractivity contribution in [2.75, 3.05) is 25.2 Å². The highest BCUT2D eigenvalue weighted by atomic mass is 79.9. The number of thioether (sulfide) groups is 1. The summed E-state index contributed by atoms with van der Waals surface area (Å²) in [6.07, 6.45) is 1.10. The average molecular weight is 318 g/mol. The number of hydrogen-bond donors (Lipinski definition) is 1. The van der Waals surface area contributed by atoms with E-state index in [1.54, 1.807) is 0 Å². The first-order valence-corrected chi connectivity index (χ1v) is 7.86. The zero-order chi connectivity index (χ0) is 12.5. The van der Waals surface area contributed by atoms with Crippen molar-refractivity contribution in [3.8, 4) is 5.75 Å². The molecule has 0 aliphatic rings. The van der Waals surface area contributed by atoms with Crippen LogP contribution in [0.3, 0.4) is 0 Å². The van der Waals surface area contributed by atoms with Gasteiger partial charge in [-0.05, 0) is 43.2 Å². The van der Waals surface area contributed by atoms with E-state index in [2.05, 4.69) is 34.2 Å². The van der Waals surface area contributed by atoms with Crippen LogP contribution in [0.5, 0.6) is 5.75 Å². The molecule has 0 fully saturated rings. The number of nitrogens with one attached hydrogen (secondary N) is 1. The summed E-state index contributed by atoms with van der Waals surface area (Å²) in [6, 6.07) is 6.16. The minimum Gasteiger partial charge on any atom is -0.493 e. The molecule has 0 amide bonds. The van der Waals surface area contributed by atoms with Crippen molar-refractivity contribution in [1.82, 2.24) is 5.32 Å². The molecule has 0 saturated carbocycles. The fraction of sp³-hybridized carbons (Fsp3) is 0.538. The van der Waals surface area contributed by atoms with Crippen LogP contribution in [0.1, 0.15) is 18.9 Å². The fourth-order valence-corrected chi connectivity index (χ4v) is 2.52. The molecule has 1 aromatic carbocycles. The van der Waals surface area contributed by atoms with Crippen molar-refractivity contribution >= 4 is 27.7 Å². The Kier molecular flexibility index (Phi) is 7.73. The SMILES string of the molecule is CCSCCCOc1ccc(Br)cc1CNC. The molecule has 0 heterocycles. The lowest BCUT2D eigenvalue weighted by atomic mass is 10.2. The van der Waals surface area contributed by atoms with Crippen LogP contribution in [0, 0.1) is 0 Å². The van der Waals surface area contributed by atoms with Crippen LogP contribution in [0.15, 0.2) is 22.7 Å². The van der Waals surface area contributed by atoms with Crippen LogP contribution >= 0.6 is 27.7 Å². The fourth-order valence-electron chi connectivity index (χ4n) is 1.50. The first-order chi connectivity index (χ1) is 8.27. The van der Waals surface area contributed by atoms with Crippen molar-refractivity contribution in [1.29, 1.82) is 0 Å². The highest BCUT2D eigenvalue weighted by molar-refractivity contribution is 9.10. The van der Waals surface area contributed by atoms with Gasteiger partial charge in [0.2, 0.25) is 0 Å². The third-order valence-corrected chi connectivity index (χ3v) is 3.76. The molecule has 2 nitrogen and oxygen atoms in total. The summed E-state index contributed by atoms with van der Waals surface area (Å²) < 4.78 is 6.91. The summed E-state index contributed by atoms with van der Waals surface area (Å²) in [5.41, 5.74) is 1.20. The Hall–Kier alpha value is -0.190. The van der Waals surface area contributed by atoms with Gasteiger partial charge in [-0.1, -0.05) is 22.9 Å². The van der Waals surface area contributed by atoms with E-state index in [0.29, 0.717) is 0 Å². The standard InChI is InChI=1S/C13H20BrNOS/c1-3-17-8-4-7-16-13-6-5-12(14)9-11(13)10-15-2/h5-6,9,15H,3-4,7-8,10H2,1-2H3. The van der Waals surface area contributed by atoms with Gasteiger partial charge in [-0.15, -0.1) is 0 Å². The quantitative estimate of drug-likeness (QED) is 0.739. The van der Waals surface area contributed by atoms with E-state index in [4.69, 9.17) is 4.74 Å². The van der Waals surface area contributed by atoms with Gasteiger partial charge in [-0.2, -0.15) is 11.8 Å². The van der Waals surface area contributed by atoms with E-state index in [0.717, 1.165) is 29.8 Å². The first-order valence-electron chi connectivity index (χ1n) is 5.91. The second-order valence-electron chi connectivity index (χ2n) is 3.68. The monoisotopic (exact) mass is 317 g/mol. The van der Waals surface area contributed by atoms with E-state index in [9.17, 15) is 0 Å². The maximum absolute atomic E-state index is 5.82. The second-order valence-corrected chi connectivity index (χ2v) is 5.99. The maximum atomic E-state index is 5.82. The van der Waals surface area contributed by atoms with E-state index in [1.807, 2.05) is 30.9 Å². The summed E-state index contributed by atoms with van der Waals surface area (Å²) >= 11 is 5.44. The lowest BCUT2D eigenvalue weighted by Crippen LogP contribution is -2.08. The van der Waals surface area contributed by atoms with Crippen LogP contribution in [-0.2, 0) is 6.54 Å². The number of benzene rings is 1. The van der Waals surface area contributed by atoms with Crippen LogP contribution < -0.4 is 10.1 Å². The summed E-state index contributed by atoms with van der Waals surface area (Å²) in [5.74, 6) is 3.35. The van der Waals surface area contributed by atoms with Crippen LogP contribution in [0.2, 0.25) is 0 Å². The molecule has 0 saturated heterocycles. The number of halogens is 1. The lowest BCUT2D eigenvalue weighted by molar-refractivity contribution is 0.315. The number of ether oxygens (including phenoxy) is 1. The van der Waals surface area contributed by atoms with Gasteiger partial charge in [-0.25, -0.2) is 0 Å². The summed E-state index contributed by atoms with van der Waals surface area (Å²) in [6.45, 7) is 3.81. The third kappa shape index (κ3) is 5.80. The van der Waals surface area contributed by atoms with Gasteiger partial charge >= 0.3 is 0 Å². The lowest BCUT2D eigenvalue weighted by Gasteiger charge is -2.11. The molecule has 0 aliphatic carbocycles. The molecule has 0 aliphatic heterocycles. The van der Waals surface area contributed by atoms with E-state index >= 15 is 0 Å². The van der Waals surface area contributed by atoms with E-state index < -0.39 is 0 Å². The Labute approximate surface area is 117 Å². The summed E-state index contributed by atoms with van der Waals surface area (Å²) in [5, 5.41) is 3.16. The zero-order valence-corrected chi connectivity index (χ0v) is 12.9. The normalized spacial score (nSPS) is 10.5. The minimum atomic E-state index is 0.797. The van der Waals surface area contributed by atoms with Crippen molar-refractivity contribution < 1.29 is 4.74 Å². The first kappa shape index (κ1) is 14.9. The zero-order valence-electron chi connectivity index (χ0n) is 10.5. The van der Waals surface area contributed by atoms with Crippen LogP contribution in [0.25, 0.3) is 0 Å². The topological polar surface area (TPSA) is 21.3 Å². The molecule has 0 aromatic heterocycles. The molecule has 0 atom stereocenters. The van der Waals surface area contributed by atoms with Crippen molar-refractivity contribution in [3.05, 3.63) is 28.2 Å². The Morgan fingerprint density at radius 3 is 2.94 bits per heavy atom. The second kappa shape index (κ2) is 8.84. The Bertz CT molecular complexity index is 333. The largest absolute Gasteiger partial charge is 0.493 e. The van der Waals surface area contributed by atoms with Crippen molar-refractivity contribution in [2.45, 2.75) is 19.9 Å². The molecule has 0 unspecified atom stereocenters. The highest BCUT2D eigenvalue weighted by Crippen LogP contribution is 2.23. The van der Waals surface area contributed by atoms with Gasteiger partial charge < -0.3 is 10.1 Å². The van der Waals surface area contributed by atoms with Gasteiger partial charge in [0.05, 0.1) is 6.61 Å². The molecule has 1 rings (SSSR count). The number of hydrogen-bond acceptors (Lipinski definition) is 3. The van der Waals surface area contributed by atoms with Crippen molar-refractivity contribution in [3.63, 3.8) is 0 Å². The van der Waals surface area contributed by atoms with E-state index in [1.165, 1.54) is 17.1 Å². The van der Waals surface area contributed by atoms with Crippen molar-refractivity contribution in [2.24, 2.45) is 0 Å². The molecular formula is C13H20BrNOS. The van der Waals surface area contributed by atoms with Crippen LogP contribution in [0.4, 0.5) is 0 Å². The molecule has 96 valence electrons. The average Bonchev–Trinajstić information content (AvgIpc) is 2.32. The molecule has 17 heavy (non-hydrogen) atoms. The Balaban J connectivity index is 2.45. The predicted octanol–water partition coefficient (Wildman–Crippen LogP) is 3.69. The highest BCUT2D eigenvalue weighted by Gasteiger charge is 2.03. The molecule has 0 radical (unpaired) electrons. The Morgan fingerprint density at radius 1 is 1.41 bits per heavy atom. The molecule has 1 aromatic rings. The predicted molar refractivity (Wildman–Crippen MR) is 80.0 cm³/mol. The molecule has 4 heteroatoms. The van der Waals surface area contributed by atoms with Crippen LogP contribution in [-0.4, -0.2) is 25.2 Å². The molecular weight excluding hydrogens is 298 g/mol. The van der Waals surface area contributed by atoms with Gasteiger partial charge in [0.1, 0.15) is 5.75 Å². The van der Waals surface area contributed by atoms with E-state index in [-0.39, 0.29) is 0 Å². The third-order valence-electron chi connectivity index (χ3n) is 2.28. The van der Waals surface area contributed by atoms with Gasteiger partial charge in [0.25, 0.3) is 0 Å². The smallest absolute Gasteiger partial charge is 0.123 e. The van der Waals surface area contributed by atoms with Gasteiger partial charge in [0, 0.05) is 16.6 Å².